The van der Waals surface area contributed by atoms with E-state index in [2.05, 4.69) is 5.32 Å². The molecule has 0 radical (unpaired) electrons. The number of hydrogen-bond donors (Lipinski definition) is 2. The van der Waals surface area contributed by atoms with Crippen molar-refractivity contribution in [1.29, 1.82) is 0 Å². The highest BCUT2D eigenvalue weighted by Gasteiger charge is 2.46. The molecular formula is C23H27F4N3O4S. The third-order valence-electron chi connectivity index (χ3n) is 6.06. The van der Waals surface area contributed by atoms with Crippen LogP contribution in [-0.4, -0.2) is 44.4 Å². The van der Waals surface area contributed by atoms with Gasteiger partial charge in [0.25, 0.3) is 0 Å². The van der Waals surface area contributed by atoms with E-state index in [9.17, 15) is 30.8 Å². The second-order valence-electron chi connectivity index (χ2n) is 8.31. The SMILES string of the molecule is CCc1cccc(Oc2ccc(NS(=O)(=O)C(F)(F)F)cc2C2=CN(C)C(=O)C3NCCC23)c1F.[HH].[HH]. The van der Waals surface area contributed by atoms with Crippen LogP contribution in [0.15, 0.2) is 42.6 Å². The number of anilines is 1. The first-order valence-corrected chi connectivity index (χ1v) is 12.3. The number of carbonyl (C=O) groups excluding carboxylic acids is 1. The lowest BCUT2D eigenvalue weighted by Crippen LogP contribution is -2.46. The molecule has 2 aliphatic heterocycles. The zero-order chi connectivity index (χ0) is 25.5. The molecule has 192 valence electrons. The van der Waals surface area contributed by atoms with Crippen molar-refractivity contribution in [3.63, 3.8) is 0 Å². The Labute approximate surface area is 202 Å². The van der Waals surface area contributed by atoms with Gasteiger partial charge in [0.15, 0.2) is 11.6 Å². The Bertz CT molecular complexity index is 1310. The number of nitrogens with one attached hydrogen (secondary N) is 2. The van der Waals surface area contributed by atoms with Crippen LogP contribution in [-0.2, 0) is 21.2 Å². The van der Waals surface area contributed by atoms with Gasteiger partial charge in [-0.05, 0) is 54.8 Å². The molecule has 35 heavy (non-hydrogen) atoms. The molecule has 0 aromatic heterocycles. The van der Waals surface area contributed by atoms with Crippen molar-refractivity contribution in [2.24, 2.45) is 5.92 Å². The van der Waals surface area contributed by atoms with Gasteiger partial charge in [0.1, 0.15) is 5.75 Å². The maximum atomic E-state index is 14.9. The number of ether oxygens (including phenoxy) is 1. The molecule has 2 aliphatic rings. The topological polar surface area (TPSA) is 87.7 Å². The van der Waals surface area contributed by atoms with Crippen LogP contribution in [0.3, 0.4) is 0 Å². The van der Waals surface area contributed by atoms with Gasteiger partial charge in [-0.15, -0.1) is 0 Å². The minimum absolute atomic E-state index is 0. The summed E-state index contributed by atoms with van der Waals surface area (Å²) >= 11 is 0. The van der Waals surface area contributed by atoms with Gasteiger partial charge in [-0.1, -0.05) is 19.1 Å². The molecule has 4 rings (SSSR count). The van der Waals surface area contributed by atoms with E-state index in [1.807, 2.05) is 0 Å². The molecule has 0 saturated carbocycles. The Morgan fingerprint density at radius 1 is 1.23 bits per heavy atom. The number of alkyl halides is 3. The molecule has 0 aliphatic carbocycles. The highest BCUT2D eigenvalue weighted by Crippen LogP contribution is 2.43. The van der Waals surface area contributed by atoms with E-state index in [0.717, 1.165) is 6.07 Å². The number of halogens is 4. The van der Waals surface area contributed by atoms with Crippen molar-refractivity contribution in [2.45, 2.75) is 31.3 Å². The number of sulfonamides is 1. The fourth-order valence-corrected chi connectivity index (χ4v) is 4.86. The maximum Gasteiger partial charge on any atom is 0.516 e. The normalized spacial score (nSPS) is 20.5. The Balaban J connectivity index is 0.00000241. The Morgan fingerprint density at radius 2 is 1.97 bits per heavy atom. The summed E-state index contributed by atoms with van der Waals surface area (Å²) in [4.78, 5) is 13.9. The van der Waals surface area contributed by atoms with E-state index in [1.54, 1.807) is 32.3 Å². The lowest BCUT2D eigenvalue weighted by molar-refractivity contribution is -0.130. The molecule has 2 aromatic carbocycles. The van der Waals surface area contributed by atoms with Crippen LogP contribution in [0.4, 0.5) is 23.2 Å². The molecule has 2 heterocycles. The largest absolute Gasteiger partial charge is 0.516 e. The first-order chi connectivity index (χ1) is 16.4. The molecule has 2 N–H and O–H groups in total. The van der Waals surface area contributed by atoms with Crippen LogP contribution in [0.5, 0.6) is 11.5 Å². The quantitative estimate of drug-likeness (QED) is 0.542. The highest BCUT2D eigenvalue weighted by atomic mass is 32.2. The number of hydrogen-bond acceptors (Lipinski definition) is 5. The minimum atomic E-state index is -5.67. The lowest BCUT2D eigenvalue weighted by atomic mass is 9.84. The molecule has 1 fully saturated rings. The number of aryl methyl sites for hydroxylation is 1. The standard InChI is InChI=1S/C23H23F4N3O4S.2H2/c1-3-13-5-4-6-19(20(13)24)34-18-8-7-14(29-35(32,33)23(25,26)27)11-16(18)17-12-30(2)22(31)21-15(17)9-10-28-21;;/h4-8,11-12,15,21,28-29H,3,9-10H2,1-2H3;2*1H. The summed E-state index contributed by atoms with van der Waals surface area (Å²) in [5.41, 5.74) is -4.65. The van der Waals surface area contributed by atoms with E-state index in [0.29, 0.717) is 30.5 Å². The van der Waals surface area contributed by atoms with E-state index in [-0.39, 0.29) is 37.4 Å². The summed E-state index contributed by atoms with van der Waals surface area (Å²) in [5, 5.41) is 3.11. The number of amides is 1. The predicted molar refractivity (Wildman–Crippen MR) is 126 cm³/mol. The Hall–Kier alpha value is -3.12. The van der Waals surface area contributed by atoms with Crippen molar-refractivity contribution >= 4 is 27.2 Å². The number of likely N-dealkylation sites (N-methyl/N-ethyl adjacent to an activating group) is 1. The molecule has 1 saturated heterocycles. The van der Waals surface area contributed by atoms with Crippen LogP contribution >= 0.6 is 0 Å². The van der Waals surface area contributed by atoms with Crippen molar-refractivity contribution < 1.29 is 38.4 Å². The van der Waals surface area contributed by atoms with Crippen LogP contribution in [0.25, 0.3) is 5.57 Å². The van der Waals surface area contributed by atoms with E-state index >= 15 is 0 Å². The molecular weight excluding hydrogens is 490 g/mol. The smallest absolute Gasteiger partial charge is 0.454 e. The monoisotopic (exact) mass is 517 g/mol. The van der Waals surface area contributed by atoms with Gasteiger partial charge in [-0.2, -0.15) is 21.6 Å². The summed E-state index contributed by atoms with van der Waals surface area (Å²) in [6, 6.07) is 7.67. The first kappa shape index (κ1) is 25.0. The molecule has 2 atom stereocenters. The highest BCUT2D eigenvalue weighted by molar-refractivity contribution is 7.93. The molecule has 12 heteroatoms. The number of benzene rings is 2. The lowest BCUT2D eigenvalue weighted by Gasteiger charge is -2.32. The fourth-order valence-electron chi connectivity index (χ4n) is 4.30. The average Bonchev–Trinajstić information content (AvgIpc) is 3.28. The maximum absolute atomic E-state index is 14.9. The van der Waals surface area contributed by atoms with Crippen LogP contribution in [0.2, 0.25) is 0 Å². The summed E-state index contributed by atoms with van der Waals surface area (Å²) in [5.74, 6) is -1.06. The molecule has 0 spiro atoms. The zero-order valence-electron chi connectivity index (χ0n) is 18.8. The van der Waals surface area contributed by atoms with Gasteiger partial charge in [0, 0.05) is 33.3 Å². The second-order valence-corrected chi connectivity index (χ2v) is 9.98. The summed E-state index contributed by atoms with van der Waals surface area (Å²) in [6.07, 6.45) is 2.52. The predicted octanol–water partition coefficient (Wildman–Crippen LogP) is 4.72. The van der Waals surface area contributed by atoms with Crippen LogP contribution < -0.4 is 14.8 Å². The molecule has 1 amide bonds. The van der Waals surface area contributed by atoms with Crippen molar-refractivity contribution in [2.75, 3.05) is 18.3 Å². The fraction of sp³-hybridized carbons (Fsp3) is 0.348. The third kappa shape index (κ3) is 4.72. The summed E-state index contributed by atoms with van der Waals surface area (Å²) in [7, 11) is -4.13. The molecule has 2 unspecified atom stereocenters. The van der Waals surface area contributed by atoms with E-state index < -0.39 is 27.4 Å². The number of rotatable bonds is 6. The van der Waals surface area contributed by atoms with Gasteiger partial charge in [0.05, 0.1) is 6.04 Å². The average molecular weight is 518 g/mol. The van der Waals surface area contributed by atoms with Gasteiger partial charge >= 0.3 is 15.5 Å². The number of nitrogens with zero attached hydrogens (tertiary/aromatic N) is 1. The minimum Gasteiger partial charge on any atom is -0.454 e. The second kappa shape index (κ2) is 9.15. The summed E-state index contributed by atoms with van der Waals surface area (Å²) in [6.45, 7) is 2.32. The van der Waals surface area contributed by atoms with Crippen molar-refractivity contribution in [1.82, 2.24) is 10.2 Å². The molecule has 7 nitrogen and oxygen atoms in total. The van der Waals surface area contributed by atoms with Crippen molar-refractivity contribution in [3.8, 4) is 11.5 Å². The Kier molecular flexibility index (Phi) is 6.54. The van der Waals surface area contributed by atoms with Gasteiger partial charge < -0.3 is 15.0 Å². The van der Waals surface area contributed by atoms with Gasteiger partial charge in [0.2, 0.25) is 5.91 Å². The summed E-state index contributed by atoms with van der Waals surface area (Å²) < 4.78 is 84.5. The van der Waals surface area contributed by atoms with E-state index in [4.69, 9.17) is 4.74 Å². The van der Waals surface area contributed by atoms with Gasteiger partial charge in [-0.3, -0.25) is 9.52 Å². The third-order valence-corrected chi connectivity index (χ3v) is 7.17. The number of fused-ring (bicyclic) bond motifs is 1. The first-order valence-electron chi connectivity index (χ1n) is 10.8. The van der Waals surface area contributed by atoms with Gasteiger partial charge in [-0.25, -0.2) is 4.39 Å². The van der Waals surface area contributed by atoms with Crippen LogP contribution in [0.1, 0.15) is 27.3 Å². The van der Waals surface area contributed by atoms with Crippen molar-refractivity contribution in [3.05, 3.63) is 59.5 Å². The van der Waals surface area contributed by atoms with Crippen LogP contribution in [0, 0.1) is 11.7 Å². The molecule has 0 bridgehead atoms. The number of carbonyl (C=O) groups is 1. The zero-order valence-corrected chi connectivity index (χ0v) is 19.6. The molecule has 2 aromatic rings. The van der Waals surface area contributed by atoms with E-state index in [1.165, 1.54) is 27.8 Å². The Morgan fingerprint density at radius 3 is 2.66 bits per heavy atom.